The monoisotopic (exact) mass is 158 g/mol. The van der Waals surface area contributed by atoms with Gasteiger partial charge in [0.2, 0.25) is 0 Å². The summed E-state index contributed by atoms with van der Waals surface area (Å²) < 4.78 is 9.53. The lowest BCUT2D eigenvalue weighted by atomic mass is 15.8. The van der Waals surface area contributed by atoms with Crippen molar-refractivity contribution in [1.82, 2.24) is 0 Å². The highest BCUT2D eigenvalue weighted by Gasteiger charge is 1.76. The van der Waals surface area contributed by atoms with Crippen LogP contribution in [0.15, 0.2) is 0 Å². The minimum absolute atomic E-state index is 0.721. The highest BCUT2D eigenvalue weighted by atomic mass is 32.4. The first kappa shape index (κ1) is 7.00. The van der Waals surface area contributed by atoms with Gasteiger partial charge >= 0.3 is 0 Å². The Morgan fingerprint density at radius 3 is 1.67 bits per heavy atom. The second kappa shape index (κ2) is 4.17. The Hall–Kier alpha value is 1.00. The lowest BCUT2D eigenvalue weighted by Crippen LogP contribution is -1.70. The van der Waals surface area contributed by atoms with E-state index in [9.17, 15) is 0 Å². The average Bonchev–Trinajstić information content (AvgIpc) is 1.65. The lowest BCUT2D eigenvalue weighted by molar-refractivity contribution is 0.574. The van der Waals surface area contributed by atoms with E-state index in [1.807, 2.05) is 0 Å². The summed E-state index contributed by atoms with van der Waals surface area (Å²) in [5, 5.41) is 0. The second-order valence-corrected chi connectivity index (χ2v) is 5.42. The molecule has 0 saturated heterocycles. The van der Waals surface area contributed by atoms with E-state index in [1.54, 1.807) is 0 Å². The minimum Gasteiger partial charge on any atom is -0.385 e. The molecule has 0 fully saturated rings. The van der Waals surface area contributed by atoms with Crippen LogP contribution < -0.4 is 0 Å². The molecule has 38 valence electrons. The summed E-state index contributed by atoms with van der Waals surface area (Å²) in [4.78, 5) is 0. The molecule has 0 radical (unpaired) electrons. The van der Waals surface area contributed by atoms with Crippen molar-refractivity contribution in [3.63, 3.8) is 0 Å². The topological polar surface area (TPSA) is 18.5 Å². The van der Waals surface area contributed by atoms with Crippen LogP contribution in [0, 0.1) is 0 Å². The van der Waals surface area contributed by atoms with Crippen molar-refractivity contribution < 1.29 is 8.43 Å². The third kappa shape index (κ3) is 3.20. The quantitative estimate of drug-likeness (QED) is 0.345. The molecule has 0 atom stereocenters. The van der Waals surface area contributed by atoms with E-state index in [-0.39, 0.29) is 0 Å². The standard InChI is InChI=1S/H7O2PSSi2/c4-3(1-5)2-6/h3H,5-6H3. The summed E-state index contributed by atoms with van der Waals surface area (Å²) >= 11 is 4.67. The van der Waals surface area contributed by atoms with E-state index >= 15 is 0 Å². The summed E-state index contributed by atoms with van der Waals surface area (Å²) in [6.07, 6.45) is 0. The molecule has 0 aromatic rings. The van der Waals surface area contributed by atoms with Crippen molar-refractivity contribution in [1.29, 1.82) is 0 Å². The van der Waals surface area contributed by atoms with Crippen LogP contribution in [0.4, 0.5) is 0 Å². The SMILES string of the molecule is [SiH3]O[PH](=S)O[SiH3]. The van der Waals surface area contributed by atoms with Crippen LogP contribution in [0.5, 0.6) is 0 Å². The predicted octanol–water partition coefficient (Wildman–Crippen LogP) is -1.91. The summed E-state index contributed by atoms with van der Waals surface area (Å²) in [6.45, 7) is 0. The van der Waals surface area contributed by atoms with Crippen LogP contribution in [0.3, 0.4) is 0 Å². The van der Waals surface area contributed by atoms with Gasteiger partial charge in [-0.1, -0.05) is 0 Å². The van der Waals surface area contributed by atoms with Crippen molar-refractivity contribution in [2.45, 2.75) is 0 Å². The molecular weight excluding hydrogens is 151 g/mol. The first-order chi connectivity index (χ1) is 2.81. The van der Waals surface area contributed by atoms with Gasteiger partial charge in [0.1, 0.15) is 0 Å². The van der Waals surface area contributed by atoms with E-state index in [2.05, 4.69) is 11.8 Å². The number of hydrogen-bond donors (Lipinski definition) is 0. The molecule has 0 unspecified atom stereocenters. The fraction of sp³-hybridized carbons (Fsp3) is 0. The van der Waals surface area contributed by atoms with E-state index in [4.69, 9.17) is 8.43 Å². The van der Waals surface area contributed by atoms with Crippen molar-refractivity contribution in [2.75, 3.05) is 0 Å². The molecular formula is H7O2PSSi2. The lowest BCUT2D eigenvalue weighted by Gasteiger charge is -1.95. The molecule has 0 aliphatic heterocycles. The van der Waals surface area contributed by atoms with Crippen LogP contribution in [0.25, 0.3) is 0 Å². The van der Waals surface area contributed by atoms with E-state index in [1.165, 1.54) is 0 Å². The van der Waals surface area contributed by atoms with E-state index in [0.29, 0.717) is 0 Å². The Balaban J connectivity index is 2.99. The van der Waals surface area contributed by atoms with Crippen molar-refractivity contribution in [3.8, 4) is 0 Å². The Bertz CT molecular complexity index is 49.5. The van der Waals surface area contributed by atoms with Gasteiger partial charge < -0.3 is 8.43 Å². The van der Waals surface area contributed by atoms with Gasteiger partial charge in [-0.25, -0.2) is 0 Å². The normalized spacial score (nSPS) is 15.3. The van der Waals surface area contributed by atoms with Crippen molar-refractivity contribution in [2.24, 2.45) is 0 Å². The van der Waals surface area contributed by atoms with Crippen LogP contribution >= 0.6 is 7.15 Å². The molecule has 0 bridgehead atoms. The molecule has 0 N–H and O–H groups in total. The Morgan fingerprint density at radius 1 is 1.33 bits per heavy atom. The molecule has 0 aromatic heterocycles. The molecule has 0 aromatic carbocycles. The molecule has 6 heteroatoms. The largest absolute Gasteiger partial charge is 0.385 e. The minimum atomic E-state index is -1.16. The zero-order chi connectivity index (χ0) is 4.99. The maximum Gasteiger partial charge on any atom is 0.154 e. The first-order valence-electron chi connectivity index (χ1n) is 1.43. The highest BCUT2D eigenvalue weighted by Crippen LogP contribution is 2.17. The summed E-state index contributed by atoms with van der Waals surface area (Å²) in [7, 11) is 0.280. The fourth-order valence-corrected chi connectivity index (χ4v) is 2.25. The van der Waals surface area contributed by atoms with E-state index in [0.717, 1.165) is 21.0 Å². The molecule has 0 amide bonds. The molecule has 0 heterocycles. The third-order valence-corrected chi connectivity index (χ3v) is 6.00. The van der Waals surface area contributed by atoms with Gasteiger partial charge in [-0.15, -0.1) is 0 Å². The van der Waals surface area contributed by atoms with Crippen molar-refractivity contribution >= 4 is 39.9 Å². The maximum absolute atomic E-state index is 4.77. The van der Waals surface area contributed by atoms with Gasteiger partial charge in [0.25, 0.3) is 0 Å². The Kier molecular flexibility index (Phi) is 4.87. The maximum atomic E-state index is 4.77. The summed E-state index contributed by atoms with van der Waals surface area (Å²) in [6, 6.07) is 0. The zero-order valence-electron chi connectivity index (χ0n) is 3.72. The van der Waals surface area contributed by atoms with Gasteiger partial charge in [-0.2, -0.15) is 0 Å². The van der Waals surface area contributed by atoms with Gasteiger partial charge in [0.15, 0.2) is 28.1 Å². The Morgan fingerprint density at radius 2 is 1.67 bits per heavy atom. The van der Waals surface area contributed by atoms with Crippen LogP contribution in [-0.2, 0) is 20.2 Å². The second-order valence-electron chi connectivity index (χ2n) is 0.658. The number of hydrogen-bond acceptors (Lipinski definition) is 3. The molecule has 0 saturated carbocycles. The first-order valence-corrected chi connectivity index (χ1v) is 5.51. The van der Waals surface area contributed by atoms with Crippen LogP contribution in [0.1, 0.15) is 0 Å². The van der Waals surface area contributed by atoms with Gasteiger partial charge in [-0.05, 0) is 11.8 Å². The van der Waals surface area contributed by atoms with Gasteiger partial charge in [0, 0.05) is 0 Å². The highest BCUT2D eigenvalue weighted by molar-refractivity contribution is 8.01. The molecule has 0 aliphatic rings. The third-order valence-electron chi connectivity index (χ3n) is 0.333. The summed E-state index contributed by atoms with van der Waals surface area (Å²) in [5.41, 5.74) is 0. The fourth-order valence-electron chi connectivity index (χ4n) is 0.0833. The number of rotatable bonds is 2. The van der Waals surface area contributed by atoms with Crippen LogP contribution in [0.2, 0.25) is 0 Å². The summed E-state index contributed by atoms with van der Waals surface area (Å²) in [5.74, 6) is 0. The predicted molar refractivity (Wildman–Crippen MR) is 37.7 cm³/mol. The van der Waals surface area contributed by atoms with Crippen molar-refractivity contribution in [3.05, 3.63) is 0 Å². The van der Waals surface area contributed by atoms with Gasteiger partial charge in [0.05, 0.1) is 0 Å². The molecule has 0 spiro atoms. The Labute approximate surface area is 48.9 Å². The molecule has 2 nitrogen and oxygen atoms in total. The molecule has 6 heavy (non-hydrogen) atoms. The smallest absolute Gasteiger partial charge is 0.154 e. The molecule has 0 aliphatic carbocycles. The van der Waals surface area contributed by atoms with E-state index < -0.39 is 7.15 Å². The molecule has 0 rings (SSSR count). The van der Waals surface area contributed by atoms with Gasteiger partial charge in [-0.3, -0.25) is 0 Å². The zero-order valence-corrected chi connectivity index (χ0v) is 9.54. The van der Waals surface area contributed by atoms with Crippen LogP contribution in [-0.4, -0.2) is 21.0 Å². The average molecular weight is 158 g/mol.